The van der Waals surface area contributed by atoms with Crippen LogP contribution in [0.15, 0.2) is 18.2 Å². The molecular formula is C16H18F4N2O3. The molecule has 2 fully saturated rings. The largest absolute Gasteiger partial charge is 0.435 e. The second-order valence-electron chi connectivity index (χ2n) is 6.33. The second kappa shape index (κ2) is 7.07. The van der Waals surface area contributed by atoms with Crippen LogP contribution in [0.2, 0.25) is 0 Å². The minimum Gasteiger partial charge on any atom is -0.435 e. The fourth-order valence-electron chi connectivity index (χ4n) is 3.69. The number of amides is 1. The lowest BCUT2D eigenvalue weighted by atomic mass is 9.98. The van der Waals surface area contributed by atoms with Gasteiger partial charge in [-0.1, -0.05) is 0 Å². The van der Waals surface area contributed by atoms with Crippen molar-refractivity contribution < 1.29 is 31.8 Å². The van der Waals surface area contributed by atoms with Crippen molar-refractivity contribution in [1.82, 2.24) is 4.90 Å². The number of fused-ring (bicyclic) bond motifs is 1. The Kier molecular flexibility index (Phi) is 5.03. The van der Waals surface area contributed by atoms with Gasteiger partial charge in [-0.05, 0) is 36.8 Å². The summed E-state index contributed by atoms with van der Waals surface area (Å²) in [4.78, 5) is 14.2. The number of halogens is 4. The summed E-state index contributed by atoms with van der Waals surface area (Å²) >= 11 is 0. The fraction of sp³-hybridized carbons (Fsp3) is 0.562. The molecule has 1 saturated heterocycles. The van der Waals surface area contributed by atoms with Crippen molar-refractivity contribution >= 4 is 5.91 Å². The van der Waals surface area contributed by atoms with Crippen molar-refractivity contribution in [1.29, 1.82) is 0 Å². The molecule has 25 heavy (non-hydrogen) atoms. The normalized spacial score (nSPS) is 25.6. The lowest BCUT2D eigenvalue weighted by Gasteiger charge is -2.20. The lowest BCUT2D eigenvalue weighted by molar-refractivity contribution is -0.0543. The summed E-state index contributed by atoms with van der Waals surface area (Å²) in [6.07, 6.45) is 1.85. The van der Waals surface area contributed by atoms with E-state index in [1.165, 1.54) is 0 Å². The van der Waals surface area contributed by atoms with Crippen molar-refractivity contribution in [3.8, 4) is 11.5 Å². The van der Waals surface area contributed by atoms with Crippen molar-refractivity contribution in [2.45, 2.75) is 32.1 Å². The van der Waals surface area contributed by atoms with E-state index in [9.17, 15) is 22.4 Å². The number of rotatable bonds is 5. The van der Waals surface area contributed by atoms with E-state index in [2.05, 4.69) is 9.47 Å². The summed E-state index contributed by atoms with van der Waals surface area (Å²) in [6, 6.07) is 3.12. The van der Waals surface area contributed by atoms with Gasteiger partial charge in [-0.3, -0.25) is 4.79 Å². The van der Waals surface area contributed by atoms with Crippen molar-refractivity contribution in [3.05, 3.63) is 23.8 Å². The Morgan fingerprint density at radius 2 is 1.64 bits per heavy atom. The number of hydrogen-bond acceptors (Lipinski definition) is 4. The van der Waals surface area contributed by atoms with Gasteiger partial charge in [0.2, 0.25) is 0 Å². The predicted octanol–water partition coefficient (Wildman–Crippen LogP) is 2.70. The van der Waals surface area contributed by atoms with Crippen LogP contribution in [0.3, 0.4) is 0 Å². The minimum atomic E-state index is -3.14. The van der Waals surface area contributed by atoms with Crippen LogP contribution in [0.5, 0.6) is 11.5 Å². The number of hydrogen-bond donors (Lipinski definition) is 1. The Balaban J connectivity index is 1.81. The van der Waals surface area contributed by atoms with Crippen LogP contribution in [-0.4, -0.2) is 43.2 Å². The molecule has 1 heterocycles. The van der Waals surface area contributed by atoms with Gasteiger partial charge in [0.15, 0.2) is 0 Å². The van der Waals surface area contributed by atoms with E-state index < -0.39 is 30.6 Å². The van der Waals surface area contributed by atoms with E-state index in [0.717, 1.165) is 31.0 Å². The molecule has 1 amide bonds. The molecule has 9 heteroatoms. The molecule has 5 nitrogen and oxygen atoms in total. The number of carbonyl (C=O) groups is 1. The van der Waals surface area contributed by atoms with Crippen LogP contribution in [0, 0.1) is 11.8 Å². The van der Waals surface area contributed by atoms with Gasteiger partial charge in [-0.25, -0.2) is 0 Å². The van der Waals surface area contributed by atoms with E-state index in [1.54, 1.807) is 4.90 Å². The predicted molar refractivity (Wildman–Crippen MR) is 79.8 cm³/mol. The Bertz CT molecular complexity index is 616. The molecule has 138 valence electrons. The first-order valence-corrected chi connectivity index (χ1v) is 7.93. The van der Waals surface area contributed by atoms with Crippen LogP contribution in [0.1, 0.15) is 23.2 Å². The van der Waals surface area contributed by atoms with Gasteiger partial charge in [0.25, 0.3) is 5.91 Å². The van der Waals surface area contributed by atoms with Crippen LogP contribution in [0.4, 0.5) is 17.6 Å². The molecule has 0 aromatic heterocycles. The first-order chi connectivity index (χ1) is 11.8. The monoisotopic (exact) mass is 362 g/mol. The van der Waals surface area contributed by atoms with Crippen LogP contribution in [-0.2, 0) is 0 Å². The zero-order valence-electron chi connectivity index (χ0n) is 13.2. The van der Waals surface area contributed by atoms with Gasteiger partial charge in [-0.15, -0.1) is 0 Å². The van der Waals surface area contributed by atoms with E-state index in [0.29, 0.717) is 19.0 Å². The molecule has 1 aromatic carbocycles. The maximum atomic E-state index is 12.7. The molecule has 2 N–H and O–H groups in total. The number of benzene rings is 1. The Morgan fingerprint density at radius 1 is 1.04 bits per heavy atom. The summed E-state index contributed by atoms with van der Waals surface area (Å²) in [5.41, 5.74) is 5.99. The van der Waals surface area contributed by atoms with Gasteiger partial charge in [0.1, 0.15) is 11.5 Å². The number of ether oxygens (including phenoxy) is 2. The van der Waals surface area contributed by atoms with Gasteiger partial charge in [0, 0.05) is 30.8 Å². The molecule has 0 spiro atoms. The summed E-state index contributed by atoms with van der Waals surface area (Å²) in [7, 11) is 0. The molecule has 1 aromatic rings. The van der Waals surface area contributed by atoms with Crippen molar-refractivity contribution in [2.75, 3.05) is 13.1 Å². The molecular weight excluding hydrogens is 344 g/mol. The molecule has 0 bridgehead atoms. The van der Waals surface area contributed by atoms with Crippen molar-refractivity contribution in [3.63, 3.8) is 0 Å². The highest BCUT2D eigenvalue weighted by molar-refractivity contribution is 5.95. The number of likely N-dealkylation sites (tertiary alicyclic amines) is 1. The summed E-state index contributed by atoms with van der Waals surface area (Å²) in [5, 5.41) is 0. The van der Waals surface area contributed by atoms with E-state index in [4.69, 9.17) is 5.73 Å². The Labute approximate surface area is 141 Å². The molecule has 3 rings (SSSR count). The third-order valence-electron chi connectivity index (χ3n) is 4.78. The molecule has 3 unspecified atom stereocenters. The Hall–Kier alpha value is -2.03. The topological polar surface area (TPSA) is 64.8 Å². The first-order valence-electron chi connectivity index (χ1n) is 7.93. The highest BCUT2D eigenvalue weighted by Gasteiger charge is 2.42. The SMILES string of the molecule is NC1CCC2CN(C(=O)c3cc(OC(F)F)cc(OC(F)F)c3)CC12. The lowest BCUT2D eigenvalue weighted by Crippen LogP contribution is -2.33. The molecule has 1 aliphatic carbocycles. The maximum Gasteiger partial charge on any atom is 0.387 e. The molecule has 1 aliphatic heterocycles. The first kappa shape index (κ1) is 17.8. The van der Waals surface area contributed by atoms with Crippen molar-refractivity contribution in [2.24, 2.45) is 17.6 Å². The average Bonchev–Trinajstić information content (AvgIpc) is 3.07. The smallest absolute Gasteiger partial charge is 0.387 e. The number of nitrogens with zero attached hydrogens (tertiary/aromatic N) is 1. The third kappa shape index (κ3) is 3.97. The fourth-order valence-corrected chi connectivity index (χ4v) is 3.69. The van der Waals surface area contributed by atoms with Gasteiger partial charge < -0.3 is 20.1 Å². The minimum absolute atomic E-state index is 0.0361. The standard InChI is InChI=1S/C16H18F4N2O3/c17-15(18)24-10-3-9(4-11(5-10)25-16(19)20)14(23)22-6-8-1-2-13(21)12(8)7-22/h3-5,8,12-13,15-16H,1-2,6-7,21H2. The quantitative estimate of drug-likeness (QED) is 0.818. The highest BCUT2D eigenvalue weighted by atomic mass is 19.3. The van der Waals surface area contributed by atoms with E-state index >= 15 is 0 Å². The molecule has 3 atom stereocenters. The third-order valence-corrected chi connectivity index (χ3v) is 4.78. The number of carbonyl (C=O) groups excluding carboxylic acids is 1. The van der Waals surface area contributed by atoms with E-state index in [1.807, 2.05) is 0 Å². The summed E-state index contributed by atoms with van der Waals surface area (Å²) in [5.74, 6) is -0.738. The van der Waals surface area contributed by atoms with Crippen LogP contribution < -0.4 is 15.2 Å². The number of nitrogens with two attached hydrogens (primary N) is 1. The number of alkyl halides is 4. The van der Waals surface area contributed by atoms with Gasteiger partial charge >= 0.3 is 13.2 Å². The average molecular weight is 362 g/mol. The molecule has 1 saturated carbocycles. The highest BCUT2D eigenvalue weighted by Crippen LogP contribution is 2.38. The summed E-state index contributed by atoms with van der Waals surface area (Å²) in [6.45, 7) is -5.31. The van der Waals surface area contributed by atoms with Gasteiger partial charge in [0.05, 0.1) is 0 Å². The van der Waals surface area contributed by atoms with Crippen LogP contribution in [0.25, 0.3) is 0 Å². The zero-order valence-corrected chi connectivity index (χ0v) is 13.2. The van der Waals surface area contributed by atoms with Crippen LogP contribution >= 0.6 is 0 Å². The molecule has 0 radical (unpaired) electrons. The second-order valence-corrected chi connectivity index (χ2v) is 6.33. The van der Waals surface area contributed by atoms with E-state index in [-0.39, 0.29) is 17.5 Å². The van der Waals surface area contributed by atoms with Gasteiger partial charge in [-0.2, -0.15) is 17.6 Å². The Morgan fingerprint density at radius 3 is 2.16 bits per heavy atom. The maximum absolute atomic E-state index is 12.7. The molecule has 2 aliphatic rings. The summed E-state index contributed by atoms with van der Waals surface area (Å²) < 4.78 is 58.2. The zero-order chi connectivity index (χ0) is 18.1.